The molecule has 0 radical (unpaired) electrons. The Labute approximate surface area is 173 Å². The van der Waals surface area contributed by atoms with Crippen LogP contribution in [0.25, 0.3) is 20.7 Å². The van der Waals surface area contributed by atoms with E-state index in [1.807, 2.05) is 39.0 Å². The number of rotatable bonds is 6. The minimum atomic E-state index is -0.878. The third kappa shape index (κ3) is 4.34. The topological polar surface area (TPSA) is 78.7 Å². The Balaban J connectivity index is 1.82. The van der Waals surface area contributed by atoms with Crippen LogP contribution in [-0.4, -0.2) is 27.2 Å². The first-order valence-corrected chi connectivity index (χ1v) is 10.8. The predicted molar refractivity (Wildman–Crippen MR) is 115 cm³/mol. The third-order valence-electron chi connectivity index (χ3n) is 4.65. The summed E-state index contributed by atoms with van der Waals surface area (Å²) in [6, 6.07) is 14.4. The van der Waals surface area contributed by atoms with E-state index in [9.17, 15) is 10.1 Å². The van der Waals surface area contributed by atoms with Gasteiger partial charge in [0, 0.05) is 10.3 Å². The molecule has 1 atom stereocenters. The van der Waals surface area contributed by atoms with Gasteiger partial charge >= 0.3 is 0 Å². The number of fused-ring (bicyclic) bond motifs is 1. The Morgan fingerprint density at radius 1 is 1.32 bits per heavy atom. The van der Waals surface area contributed by atoms with Gasteiger partial charge in [0.2, 0.25) is 5.91 Å². The first-order valence-electron chi connectivity index (χ1n) is 9.01. The van der Waals surface area contributed by atoms with Crippen LogP contribution in [0.5, 0.6) is 0 Å². The molecule has 1 unspecified atom stereocenters. The molecule has 2 heterocycles. The molecular formula is C21H22N4OS2. The number of nitrogens with zero attached hydrogens (tertiary/aromatic N) is 3. The van der Waals surface area contributed by atoms with Gasteiger partial charge < -0.3 is 5.32 Å². The summed E-state index contributed by atoms with van der Waals surface area (Å²) in [5.74, 6) is 0.725. The summed E-state index contributed by atoms with van der Waals surface area (Å²) in [5, 5.41) is 14.0. The van der Waals surface area contributed by atoms with Crippen molar-refractivity contribution in [1.29, 1.82) is 5.26 Å². The van der Waals surface area contributed by atoms with Crippen molar-refractivity contribution in [2.75, 3.05) is 5.75 Å². The second kappa shape index (κ2) is 8.29. The van der Waals surface area contributed by atoms with Crippen LogP contribution in [0.3, 0.4) is 0 Å². The zero-order chi connectivity index (χ0) is 20.3. The summed E-state index contributed by atoms with van der Waals surface area (Å²) in [5.41, 5.74) is 0.260. The molecule has 5 nitrogen and oxygen atoms in total. The smallest absolute Gasteiger partial charge is 0.231 e. The van der Waals surface area contributed by atoms with Crippen molar-refractivity contribution in [2.45, 2.75) is 38.3 Å². The maximum atomic E-state index is 12.4. The number of carbonyl (C=O) groups excluding carboxylic acids is 1. The molecule has 28 heavy (non-hydrogen) atoms. The van der Waals surface area contributed by atoms with Crippen LogP contribution in [0.4, 0.5) is 0 Å². The molecule has 144 valence electrons. The largest absolute Gasteiger partial charge is 0.337 e. The lowest BCUT2D eigenvalue weighted by Gasteiger charge is -2.27. The number of hydrogen-bond acceptors (Lipinski definition) is 6. The quantitative estimate of drug-likeness (QED) is 0.466. The molecule has 3 rings (SSSR count). The van der Waals surface area contributed by atoms with E-state index in [1.54, 1.807) is 18.3 Å². The number of carbonyl (C=O) groups is 1. The zero-order valence-corrected chi connectivity index (χ0v) is 17.9. The van der Waals surface area contributed by atoms with Gasteiger partial charge in [0.15, 0.2) is 0 Å². The van der Waals surface area contributed by atoms with E-state index in [1.165, 1.54) is 11.8 Å². The minimum absolute atomic E-state index is 0.0183. The fourth-order valence-electron chi connectivity index (χ4n) is 2.61. The molecule has 1 aromatic carbocycles. The Hall–Kier alpha value is -2.43. The van der Waals surface area contributed by atoms with Gasteiger partial charge in [-0.05, 0) is 31.4 Å². The highest BCUT2D eigenvalue weighted by atomic mass is 32.2. The lowest BCUT2D eigenvalue weighted by molar-refractivity contribution is -0.120. The van der Waals surface area contributed by atoms with Gasteiger partial charge in [-0.3, -0.25) is 4.79 Å². The summed E-state index contributed by atoms with van der Waals surface area (Å²) in [7, 11) is 0. The van der Waals surface area contributed by atoms with E-state index >= 15 is 0 Å². The second-order valence-corrected chi connectivity index (χ2v) is 9.07. The van der Waals surface area contributed by atoms with E-state index in [0.717, 1.165) is 25.7 Å². The Bertz CT molecular complexity index is 1040. The van der Waals surface area contributed by atoms with Gasteiger partial charge in [-0.25, -0.2) is 9.97 Å². The van der Waals surface area contributed by atoms with Crippen molar-refractivity contribution in [3.8, 4) is 16.5 Å². The second-order valence-electron chi connectivity index (χ2n) is 7.08. The van der Waals surface area contributed by atoms with Crippen LogP contribution < -0.4 is 5.32 Å². The normalized spacial score (nSPS) is 13.3. The molecule has 1 amide bonds. The van der Waals surface area contributed by atoms with E-state index < -0.39 is 5.54 Å². The highest BCUT2D eigenvalue weighted by molar-refractivity contribution is 8.00. The summed E-state index contributed by atoms with van der Waals surface area (Å²) in [4.78, 5) is 23.6. The molecule has 0 bridgehead atoms. The number of thiophene rings is 1. The Morgan fingerprint density at radius 2 is 2.04 bits per heavy atom. The lowest BCUT2D eigenvalue weighted by Crippen LogP contribution is -2.49. The Kier molecular flexibility index (Phi) is 6.01. The van der Waals surface area contributed by atoms with Crippen LogP contribution in [0, 0.1) is 24.2 Å². The molecule has 0 aliphatic carbocycles. The number of nitriles is 1. The average molecular weight is 411 g/mol. The summed E-state index contributed by atoms with van der Waals surface area (Å²) in [6.45, 7) is 7.45. The van der Waals surface area contributed by atoms with Crippen LogP contribution in [-0.2, 0) is 4.79 Å². The summed E-state index contributed by atoms with van der Waals surface area (Å²) in [6.07, 6.45) is 0. The van der Waals surface area contributed by atoms with E-state index in [0.29, 0.717) is 5.82 Å². The molecule has 7 heteroatoms. The SMILES string of the molecule is Cc1nc(SCC(=O)NC(C)(C#N)C(C)C)c2cc(-c3ccccc3)sc2n1. The molecule has 0 spiro atoms. The monoisotopic (exact) mass is 410 g/mol. The third-order valence-corrected chi connectivity index (χ3v) is 6.72. The van der Waals surface area contributed by atoms with Gasteiger partial charge in [-0.2, -0.15) is 5.26 Å². The molecule has 3 aromatic rings. The fourth-order valence-corrected chi connectivity index (χ4v) is 4.61. The number of hydrogen-bond donors (Lipinski definition) is 1. The standard InChI is InChI=1S/C21H22N4OS2/c1-13(2)21(4,12-22)25-18(26)11-27-19-16-10-17(15-8-6-5-7-9-15)28-20(16)24-14(3)23-19/h5-10,13H,11H2,1-4H3,(H,25,26). The molecule has 0 aliphatic heterocycles. The maximum Gasteiger partial charge on any atom is 0.231 e. The molecule has 2 aromatic heterocycles. The minimum Gasteiger partial charge on any atom is -0.337 e. The van der Waals surface area contributed by atoms with Gasteiger partial charge in [-0.1, -0.05) is 55.9 Å². The molecule has 1 N–H and O–H groups in total. The van der Waals surface area contributed by atoms with Gasteiger partial charge in [0.05, 0.1) is 11.8 Å². The van der Waals surface area contributed by atoms with Crippen molar-refractivity contribution >= 4 is 39.2 Å². The van der Waals surface area contributed by atoms with Crippen molar-refractivity contribution in [1.82, 2.24) is 15.3 Å². The number of benzene rings is 1. The molecule has 0 saturated carbocycles. The predicted octanol–water partition coefficient (Wildman–Crippen LogP) is 4.81. The number of aromatic nitrogens is 2. The maximum absolute atomic E-state index is 12.4. The van der Waals surface area contributed by atoms with E-state index in [4.69, 9.17) is 0 Å². The van der Waals surface area contributed by atoms with Gasteiger partial charge in [-0.15, -0.1) is 11.3 Å². The number of amides is 1. The summed E-state index contributed by atoms with van der Waals surface area (Å²) < 4.78 is 0. The number of aryl methyl sites for hydroxylation is 1. The number of nitrogens with one attached hydrogen (secondary N) is 1. The highest BCUT2D eigenvalue weighted by Gasteiger charge is 2.30. The zero-order valence-electron chi connectivity index (χ0n) is 16.3. The first-order chi connectivity index (χ1) is 13.3. The average Bonchev–Trinajstić information content (AvgIpc) is 3.10. The van der Waals surface area contributed by atoms with E-state index in [2.05, 4.69) is 39.6 Å². The number of thioether (sulfide) groups is 1. The van der Waals surface area contributed by atoms with Gasteiger partial charge in [0.25, 0.3) is 0 Å². The van der Waals surface area contributed by atoms with E-state index in [-0.39, 0.29) is 17.6 Å². The van der Waals surface area contributed by atoms with Crippen LogP contribution in [0.1, 0.15) is 26.6 Å². The van der Waals surface area contributed by atoms with Crippen LogP contribution in [0.2, 0.25) is 0 Å². The van der Waals surface area contributed by atoms with Crippen molar-refractivity contribution < 1.29 is 4.79 Å². The first kappa shape index (κ1) is 20.3. The van der Waals surface area contributed by atoms with Crippen molar-refractivity contribution in [2.24, 2.45) is 5.92 Å². The molecule has 0 saturated heterocycles. The lowest BCUT2D eigenvalue weighted by atomic mass is 9.90. The molecular weight excluding hydrogens is 388 g/mol. The van der Waals surface area contributed by atoms with Gasteiger partial charge in [0.1, 0.15) is 21.2 Å². The van der Waals surface area contributed by atoms with Crippen molar-refractivity contribution in [3.63, 3.8) is 0 Å². The summed E-state index contributed by atoms with van der Waals surface area (Å²) >= 11 is 3.00. The molecule has 0 fully saturated rings. The molecule has 0 aliphatic rings. The fraction of sp³-hybridized carbons (Fsp3) is 0.333. The van der Waals surface area contributed by atoms with Crippen LogP contribution in [0.15, 0.2) is 41.4 Å². The Morgan fingerprint density at radius 3 is 2.68 bits per heavy atom. The van der Waals surface area contributed by atoms with Crippen LogP contribution >= 0.6 is 23.1 Å². The van der Waals surface area contributed by atoms with Crippen molar-refractivity contribution in [3.05, 3.63) is 42.2 Å². The highest BCUT2D eigenvalue weighted by Crippen LogP contribution is 2.36.